The molecule has 3 rings (SSSR count). The number of terminal acetylenes is 1. The molecule has 5 heteroatoms. The van der Waals surface area contributed by atoms with Crippen molar-refractivity contribution in [3.8, 4) is 29.2 Å². The van der Waals surface area contributed by atoms with E-state index in [1.54, 1.807) is 6.20 Å². The van der Waals surface area contributed by atoms with E-state index in [2.05, 4.69) is 10.9 Å². The molecule has 1 aromatic heterocycles. The number of carbonyl (C=O) groups is 1. The van der Waals surface area contributed by atoms with Crippen LogP contribution in [0.2, 0.25) is 5.02 Å². The molecule has 0 saturated heterocycles. The molecule has 162 valence electrons. The number of H-pyrrole nitrogens is 1. The molecule has 31 heavy (non-hydrogen) atoms. The number of nitrogens with one attached hydrogen (secondary N) is 1. The Labute approximate surface area is 188 Å². The second-order valence-corrected chi connectivity index (χ2v) is 8.88. The van der Waals surface area contributed by atoms with Gasteiger partial charge < -0.3 is 14.5 Å². The summed E-state index contributed by atoms with van der Waals surface area (Å²) in [4.78, 5) is 15.7. The first-order valence-corrected chi connectivity index (χ1v) is 10.9. The summed E-state index contributed by atoms with van der Waals surface area (Å²) < 4.78 is 11.3. The van der Waals surface area contributed by atoms with Crippen LogP contribution in [0.4, 0.5) is 0 Å². The number of hydrogen-bond donors (Lipinski definition) is 1. The van der Waals surface area contributed by atoms with Crippen molar-refractivity contribution < 1.29 is 14.3 Å². The maximum atomic E-state index is 12.6. The minimum Gasteiger partial charge on any atom is -0.494 e. The summed E-state index contributed by atoms with van der Waals surface area (Å²) in [7, 11) is 0. The first-order chi connectivity index (χ1) is 14.8. The number of benzene rings is 2. The molecular weight excluding hydrogens is 410 g/mol. The fourth-order valence-electron chi connectivity index (χ4n) is 3.29. The number of hydrogen-bond acceptors (Lipinski definition) is 3. The van der Waals surface area contributed by atoms with Crippen LogP contribution in [-0.4, -0.2) is 23.2 Å². The van der Waals surface area contributed by atoms with Crippen molar-refractivity contribution in [2.24, 2.45) is 0 Å². The molecule has 3 aromatic rings. The van der Waals surface area contributed by atoms with E-state index in [1.165, 1.54) is 0 Å². The fourth-order valence-corrected chi connectivity index (χ4v) is 3.57. The lowest BCUT2D eigenvalue weighted by atomic mass is 10.0. The Morgan fingerprint density at radius 1 is 1.13 bits per heavy atom. The molecule has 0 radical (unpaired) electrons. The largest absolute Gasteiger partial charge is 0.494 e. The molecule has 1 N–H and O–H groups in total. The first kappa shape index (κ1) is 22.8. The van der Waals surface area contributed by atoms with Crippen LogP contribution in [0.15, 0.2) is 42.6 Å². The van der Waals surface area contributed by atoms with Crippen LogP contribution >= 0.6 is 11.6 Å². The molecule has 0 amide bonds. The number of halogens is 1. The number of fused-ring (bicyclic) bond motifs is 1. The highest BCUT2D eigenvalue weighted by Gasteiger charge is 2.21. The molecule has 0 atom stereocenters. The summed E-state index contributed by atoms with van der Waals surface area (Å²) in [6.45, 7) is 6.22. The monoisotopic (exact) mass is 437 g/mol. The van der Waals surface area contributed by atoms with Gasteiger partial charge in [-0.25, -0.2) is 4.79 Å². The van der Waals surface area contributed by atoms with Crippen LogP contribution in [0.25, 0.3) is 22.0 Å². The zero-order valence-corrected chi connectivity index (χ0v) is 19.0. The van der Waals surface area contributed by atoms with Gasteiger partial charge in [0.1, 0.15) is 11.4 Å². The average molecular weight is 438 g/mol. The summed E-state index contributed by atoms with van der Waals surface area (Å²) in [5, 5.41) is 1.38. The molecule has 1 heterocycles. The van der Waals surface area contributed by atoms with Gasteiger partial charge >= 0.3 is 5.97 Å². The Balaban J connectivity index is 1.76. The molecule has 0 spiro atoms. The summed E-state index contributed by atoms with van der Waals surface area (Å²) in [6, 6.07) is 11.6. The molecule has 0 fully saturated rings. The number of carbonyl (C=O) groups excluding carboxylic acids is 1. The number of ether oxygens (including phenoxy) is 2. The van der Waals surface area contributed by atoms with Gasteiger partial charge in [-0.1, -0.05) is 23.7 Å². The van der Waals surface area contributed by atoms with E-state index in [-0.39, 0.29) is 5.97 Å². The highest BCUT2D eigenvalue weighted by Crippen LogP contribution is 2.34. The van der Waals surface area contributed by atoms with Crippen molar-refractivity contribution in [3.63, 3.8) is 0 Å². The predicted octanol–water partition coefficient (Wildman–Crippen LogP) is 7.02. The quantitative estimate of drug-likeness (QED) is 0.234. The minimum absolute atomic E-state index is 0.363. The van der Waals surface area contributed by atoms with E-state index >= 15 is 0 Å². The molecule has 4 nitrogen and oxygen atoms in total. The van der Waals surface area contributed by atoms with E-state index in [0.29, 0.717) is 17.2 Å². The molecule has 2 aromatic carbocycles. The predicted molar refractivity (Wildman–Crippen MR) is 127 cm³/mol. The lowest BCUT2D eigenvalue weighted by Crippen LogP contribution is -2.23. The van der Waals surface area contributed by atoms with Gasteiger partial charge in [-0.2, -0.15) is 0 Å². The van der Waals surface area contributed by atoms with E-state index in [1.807, 2.05) is 57.2 Å². The molecular formula is C26H28ClNO3. The molecule has 0 aliphatic carbocycles. The first-order valence-electron chi connectivity index (χ1n) is 10.5. The molecule has 0 bridgehead atoms. The van der Waals surface area contributed by atoms with Crippen molar-refractivity contribution in [1.29, 1.82) is 0 Å². The second kappa shape index (κ2) is 9.94. The van der Waals surface area contributed by atoms with Gasteiger partial charge in [0.2, 0.25) is 0 Å². The summed E-state index contributed by atoms with van der Waals surface area (Å²) in [5.74, 6) is 3.10. The minimum atomic E-state index is -0.562. The van der Waals surface area contributed by atoms with Crippen LogP contribution in [0.5, 0.6) is 5.75 Å². The summed E-state index contributed by atoms with van der Waals surface area (Å²) in [5.41, 5.74) is 2.52. The van der Waals surface area contributed by atoms with Gasteiger partial charge in [0.05, 0.1) is 17.2 Å². The zero-order chi connectivity index (χ0) is 22.4. The normalized spacial score (nSPS) is 11.3. The van der Waals surface area contributed by atoms with Gasteiger partial charge in [-0.15, -0.1) is 12.3 Å². The molecule has 0 saturated carbocycles. The zero-order valence-electron chi connectivity index (χ0n) is 18.3. The smallest absolute Gasteiger partial charge is 0.340 e. The van der Waals surface area contributed by atoms with Gasteiger partial charge in [0, 0.05) is 29.1 Å². The maximum Gasteiger partial charge on any atom is 0.340 e. The van der Waals surface area contributed by atoms with Crippen molar-refractivity contribution in [2.45, 2.75) is 52.1 Å². The van der Waals surface area contributed by atoms with Gasteiger partial charge in [-0.05, 0) is 69.9 Å². The third kappa shape index (κ3) is 6.06. The Morgan fingerprint density at radius 2 is 1.87 bits per heavy atom. The summed E-state index contributed by atoms with van der Waals surface area (Å²) in [6.07, 6.45) is 10.8. The van der Waals surface area contributed by atoms with E-state index in [4.69, 9.17) is 27.5 Å². The lowest BCUT2D eigenvalue weighted by Gasteiger charge is -2.19. The average Bonchev–Trinajstić information content (AvgIpc) is 3.12. The number of aromatic nitrogens is 1. The number of aromatic amines is 1. The number of rotatable bonds is 8. The van der Waals surface area contributed by atoms with E-state index in [9.17, 15) is 4.79 Å². The van der Waals surface area contributed by atoms with Crippen molar-refractivity contribution >= 4 is 28.5 Å². The number of esters is 1. The van der Waals surface area contributed by atoms with Crippen molar-refractivity contribution in [2.75, 3.05) is 6.61 Å². The van der Waals surface area contributed by atoms with Gasteiger partial charge in [0.15, 0.2) is 0 Å². The van der Waals surface area contributed by atoms with Crippen LogP contribution in [-0.2, 0) is 4.74 Å². The second-order valence-electron chi connectivity index (χ2n) is 8.47. The van der Waals surface area contributed by atoms with Gasteiger partial charge in [0.25, 0.3) is 0 Å². The number of unbranched alkanes of at least 4 members (excludes halogenated alkanes) is 3. The third-order valence-corrected chi connectivity index (χ3v) is 5.10. The highest BCUT2D eigenvalue weighted by atomic mass is 35.5. The van der Waals surface area contributed by atoms with Gasteiger partial charge in [-0.3, -0.25) is 0 Å². The molecule has 0 unspecified atom stereocenters. The van der Waals surface area contributed by atoms with Crippen molar-refractivity contribution in [3.05, 3.63) is 53.2 Å². The Bertz CT molecular complexity index is 1080. The topological polar surface area (TPSA) is 51.3 Å². The lowest BCUT2D eigenvalue weighted by molar-refractivity contribution is 0.00719. The Morgan fingerprint density at radius 3 is 2.55 bits per heavy atom. The van der Waals surface area contributed by atoms with Crippen molar-refractivity contribution in [1.82, 2.24) is 4.98 Å². The summed E-state index contributed by atoms with van der Waals surface area (Å²) >= 11 is 6.54. The van der Waals surface area contributed by atoms with Crippen LogP contribution in [0, 0.1) is 12.3 Å². The van der Waals surface area contributed by atoms with Crippen LogP contribution in [0.1, 0.15) is 56.8 Å². The van der Waals surface area contributed by atoms with Crippen LogP contribution < -0.4 is 4.74 Å². The molecule has 0 aliphatic heterocycles. The van der Waals surface area contributed by atoms with Crippen LogP contribution in [0.3, 0.4) is 0 Å². The molecule has 0 aliphatic rings. The van der Waals surface area contributed by atoms with E-state index < -0.39 is 5.60 Å². The Hall–Kier alpha value is -2.90. The highest BCUT2D eigenvalue weighted by molar-refractivity contribution is 6.34. The standard InChI is InChI=1S/C26H28ClNO3/c1-5-6-7-8-9-14-30-19-12-10-18(11-13-19)20-15-21-22(25(29)31-26(2,3)4)17-28-24(21)16-23(20)27/h1,10-13,15-17,28H,6-9,14H2,2-4H3. The Kier molecular flexibility index (Phi) is 7.30. The van der Waals surface area contributed by atoms with E-state index in [0.717, 1.165) is 53.5 Å². The SMILES string of the molecule is C#CCCCCCOc1ccc(-c2cc3c(C(=O)OC(C)(C)C)c[nH]c3cc2Cl)cc1. The fraction of sp³-hybridized carbons (Fsp3) is 0.346. The maximum absolute atomic E-state index is 12.6. The third-order valence-electron chi connectivity index (χ3n) is 4.79.